The van der Waals surface area contributed by atoms with Crippen LogP contribution >= 0.6 is 0 Å². The standard InChI is InChI=1S/C19H24N2O4/c1-6-24-18(22)15-12(4)21-13(5)16(19(23)25-7-2)17(15)14-10-8-9-11(3)20-14/h8-10,17,21H,6-7H2,1-5H3. The minimum Gasteiger partial charge on any atom is -0.463 e. The van der Waals surface area contributed by atoms with Crippen molar-refractivity contribution >= 4 is 11.9 Å². The van der Waals surface area contributed by atoms with Crippen molar-refractivity contribution in [1.82, 2.24) is 10.3 Å². The topological polar surface area (TPSA) is 77.5 Å². The van der Waals surface area contributed by atoms with Gasteiger partial charge in [0.2, 0.25) is 0 Å². The van der Waals surface area contributed by atoms with E-state index in [4.69, 9.17) is 9.47 Å². The summed E-state index contributed by atoms with van der Waals surface area (Å²) >= 11 is 0. The highest BCUT2D eigenvalue weighted by atomic mass is 16.5. The summed E-state index contributed by atoms with van der Waals surface area (Å²) in [5, 5.41) is 3.10. The first-order chi connectivity index (χ1) is 11.9. The van der Waals surface area contributed by atoms with E-state index in [9.17, 15) is 9.59 Å². The third-order valence-electron chi connectivity index (χ3n) is 3.96. The van der Waals surface area contributed by atoms with Crippen LogP contribution in [-0.4, -0.2) is 30.1 Å². The number of dihydropyridines is 1. The van der Waals surface area contributed by atoms with Crippen LogP contribution in [0.25, 0.3) is 0 Å². The third-order valence-corrected chi connectivity index (χ3v) is 3.96. The summed E-state index contributed by atoms with van der Waals surface area (Å²) in [5.74, 6) is -1.55. The lowest BCUT2D eigenvalue weighted by molar-refractivity contribution is -0.139. The lowest BCUT2D eigenvalue weighted by atomic mass is 9.82. The third kappa shape index (κ3) is 3.90. The van der Waals surface area contributed by atoms with E-state index in [-0.39, 0.29) is 13.2 Å². The van der Waals surface area contributed by atoms with E-state index in [1.54, 1.807) is 27.7 Å². The number of esters is 2. The molecule has 2 heterocycles. The van der Waals surface area contributed by atoms with Gasteiger partial charge < -0.3 is 14.8 Å². The van der Waals surface area contributed by atoms with Gasteiger partial charge in [0, 0.05) is 17.1 Å². The SMILES string of the molecule is CCOC(=O)C1=C(C)NC(C)=C(C(=O)OCC)C1c1cccc(C)n1. The molecule has 6 heteroatoms. The fourth-order valence-electron chi connectivity index (χ4n) is 2.97. The molecule has 134 valence electrons. The molecule has 0 atom stereocenters. The second-order valence-corrected chi connectivity index (χ2v) is 5.78. The molecule has 0 amide bonds. The normalized spacial score (nSPS) is 15.1. The number of nitrogens with zero attached hydrogens (tertiary/aromatic N) is 1. The van der Waals surface area contributed by atoms with Gasteiger partial charge in [0.15, 0.2) is 0 Å². The van der Waals surface area contributed by atoms with Gasteiger partial charge in [-0.25, -0.2) is 9.59 Å². The monoisotopic (exact) mass is 344 g/mol. The molecule has 1 aromatic heterocycles. The van der Waals surface area contributed by atoms with Crippen molar-refractivity contribution in [3.63, 3.8) is 0 Å². The number of carbonyl (C=O) groups excluding carboxylic acids is 2. The molecular formula is C19H24N2O4. The molecule has 1 N–H and O–H groups in total. The summed E-state index contributed by atoms with van der Waals surface area (Å²) < 4.78 is 10.4. The number of hydrogen-bond acceptors (Lipinski definition) is 6. The number of allylic oxidation sites excluding steroid dienone is 2. The molecule has 1 aliphatic rings. The summed E-state index contributed by atoms with van der Waals surface area (Å²) in [5.41, 5.74) is 3.49. The van der Waals surface area contributed by atoms with Crippen LogP contribution < -0.4 is 5.32 Å². The number of hydrogen-bond donors (Lipinski definition) is 1. The minimum absolute atomic E-state index is 0.251. The highest BCUT2D eigenvalue weighted by Crippen LogP contribution is 2.38. The molecule has 0 unspecified atom stereocenters. The molecule has 0 radical (unpaired) electrons. The number of aromatic nitrogens is 1. The number of rotatable bonds is 5. The first-order valence-corrected chi connectivity index (χ1v) is 8.37. The molecule has 0 spiro atoms. The Bertz CT molecular complexity index is 710. The van der Waals surface area contributed by atoms with Gasteiger partial charge in [-0.3, -0.25) is 4.98 Å². The van der Waals surface area contributed by atoms with Crippen LogP contribution in [0.2, 0.25) is 0 Å². The quantitative estimate of drug-likeness (QED) is 0.828. The van der Waals surface area contributed by atoms with Gasteiger partial charge in [0.1, 0.15) is 0 Å². The Hall–Kier alpha value is -2.63. The van der Waals surface area contributed by atoms with Gasteiger partial charge in [-0.1, -0.05) is 6.07 Å². The second-order valence-electron chi connectivity index (χ2n) is 5.78. The summed E-state index contributed by atoms with van der Waals surface area (Å²) in [4.78, 5) is 29.7. The average molecular weight is 344 g/mol. The molecule has 0 aromatic carbocycles. The molecule has 0 aliphatic carbocycles. The molecule has 0 fully saturated rings. The van der Waals surface area contributed by atoms with Crippen LogP contribution in [0.4, 0.5) is 0 Å². The molecule has 1 aromatic rings. The Morgan fingerprint density at radius 1 is 1.00 bits per heavy atom. The molecule has 25 heavy (non-hydrogen) atoms. The summed E-state index contributed by atoms with van der Waals surface area (Å²) in [6.45, 7) is 9.45. The number of nitrogens with one attached hydrogen (secondary N) is 1. The summed E-state index contributed by atoms with van der Waals surface area (Å²) in [7, 11) is 0. The summed E-state index contributed by atoms with van der Waals surface area (Å²) in [6.07, 6.45) is 0. The maximum atomic E-state index is 12.6. The van der Waals surface area contributed by atoms with Gasteiger partial charge in [-0.05, 0) is 46.8 Å². The largest absolute Gasteiger partial charge is 0.463 e. The highest BCUT2D eigenvalue weighted by molar-refractivity contribution is 5.99. The Labute approximate surface area is 147 Å². The molecule has 6 nitrogen and oxygen atoms in total. The first kappa shape index (κ1) is 18.7. The van der Waals surface area contributed by atoms with Crippen molar-refractivity contribution in [2.24, 2.45) is 0 Å². The molecule has 0 saturated heterocycles. The van der Waals surface area contributed by atoms with Gasteiger partial charge in [-0.15, -0.1) is 0 Å². The van der Waals surface area contributed by atoms with E-state index in [1.165, 1.54) is 0 Å². The number of aryl methyl sites for hydroxylation is 1. The lowest BCUT2D eigenvalue weighted by Gasteiger charge is -2.29. The Balaban J connectivity index is 2.64. The van der Waals surface area contributed by atoms with Crippen LogP contribution in [0.3, 0.4) is 0 Å². The maximum absolute atomic E-state index is 12.6. The van der Waals surface area contributed by atoms with Gasteiger partial charge in [0.25, 0.3) is 0 Å². The molecule has 0 bridgehead atoms. The van der Waals surface area contributed by atoms with Gasteiger partial charge in [-0.2, -0.15) is 0 Å². The van der Waals surface area contributed by atoms with E-state index in [0.717, 1.165) is 5.69 Å². The zero-order valence-corrected chi connectivity index (χ0v) is 15.3. The van der Waals surface area contributed by atoms with Crippen LogP contribution in [-0.2, 0) is 19.1 Å². The van der Waals surface area contributed by atoms with Crippen LogP contribution in [0.15, 0.2) is 40.7 Å². The molecule has 1 aliphatic heterocycles. The highest BCUT2D eigenvalue weighted by Gasteiger charge is 2.38. The van der Waals surface area contributed by atoms with E-state index in [0.29, 0.717) is 28.2 Å². The zero-order chi connectivity index (χ0) is 18.6. The van der Waals surface area contributed by atoms with Crippen molar-refractivity contribution in [2.45, 2.75) is 40.5 Å². The van der Waals surface area contributed by atoms with Crippen molar-refractivity contribution in [3.05, 3.63) is 52.1 Å². The number of ether oxygens (including phenoxy) is 2. The molecule has 2 rings (SSSR count). The van der Waals surface area contributed by atoms with Crippen molar-refractivity contribution in [3.8, 4) is 0 Å². The number of pyridine rings is 1. The maximum Gasteiger partial charge on any atom is 0.336 e. The van der Waals surface area contributed by atoms with Crippen molar-refractivity contribution in [1.29, 1.82) is 0 Å². The van der Waals surface area contributed by atoms with Crippen molar-refractivity contribution < 1.29 is 19.1 Å². The van der Waals surface area contributed by atoms with Gasteiger partial charge in [0.05, 0.1) is 36.0 Å². The average Bonchev–Trinajstić information content (AvgIpc) is 2.54. The first-order valence-electron chi connectivity index (χ1n) is 8.37. The van der Waals surface area contributed by atoms with Crippen LogP contribution in [0.1, 0.15) is 45.0 Å². The smallest absolute Gasteiger partial charge is 0.336 e. The molecular weight excluding hydrogens is 320 g/mol. The van der Waals surface area contributed by atoms with E-state index in [2.05, 4.69) is 10.3 Å². The fourth-order valence-corrected chi connectivity index (χ4v) is 2.97. The fraction of sp³-hybridized carbons (Fsp3) is 0.421. The second kappa shape index (κ2) is 7.96. The predicted octanol–water partition coefficient (Wildman–Crippen LogP) is 2.75. The van der Waals surface area contributed by atoms with Crippen LogP contribution in [0, 0.1) is 6.92 Å². The lowest BCUT2D eigenvalue weighted by Crippen LogP contribution is -2.33. The Morgan fingerprint density at radius 2 is 1.52 bits per heavy atom. The predicted molar refractivity (Wildman–Crippen MR) is 93.5 cm³/mol. The Morgan fingerprint density at radius 3 is 1.96 bits per heavy atom. The van der Waals surface area contributed by atoms with Crippen LogP contribution in [0.5, 0.6) is 0 Å². The zero-order valence-electron chi connectivity index (χ0n) is 15.3. The van der Waals surface area contributed by atoms with Crippen molar-refractivity contribution in [2.75, 3.05) is 13.2 Å². The van der Waals surface area contributed by atoms with E-state index >= 15 is 0 Å². The molecule has 0 saturated carbocycles. The van der Waals surface area contributed by atoms with E-state index in [1.807, 2.05) is 25.1 Å². The van der Waals surface area contributed by atoms with Gasteiger partial charge >= 0.3 is 11.9 Å². The van der Waals surface area contributed by atoms with E-state index < -0.39 is 17.9 Å². The minimum atomic E-state index is -0.626. The summed E-state index contributed by atoms with van der Waals surface area (Å²) in [6, 6.07) is 5.53. The Kier molecular flexibility index (Phi) is 5.96. The number of carbonyl (C=O) groups is 2.